The molecule has 0 aromatic rings. The van der Waals surface area contributed by atoms with Gasteiger partial charge >= 0.3 is 18.3 Å². The number of alkyl halides is 6. The minimum Gasteiger partial charge on any atom is -0.451 e. The zero-order chi connectivity index (χ0) is 13.1. The third kappa shape index (κ3) is 4.25. The summed E-state index contributed by atoms with van der Waals surface area (Å²) in [5.74, 6) is -2.36. The SMILES string of the molecule is CCC(OC(=O)[C@H](O)C(F)(F)F)C(F)(F)F. The van der Waals surface area contributed by atoms with Crippen LogP contribution in [0.3, 0.4) is 0 Å². The van der Waals surface area contributed by atoms with Crippen LogP contribution in [0, 0.1) is 0 Å². The maximum absolute atomic E-state index is 12.0. The third-order valence-corrected chi connectivity index (χ3v) is 1.53. The molecule has 2 atom stereocenters. The Labute approximate surface area is 86.0 Å². The van der Waals surface area contributed by atoms with Crippen LogP contribution < -0.4 is 0 Å². The molecule has 3 nitrogen and oxygen atoms in total. The van der Waals surface area contributed by atoms with E-state index in [9.17, 15) is 31.1 Å². The lowest BCUT2D eigenvalue weighted by Crippen LogP contribution is -2.42. The minimum absolute atomic E-state index is 0.736. The second-order valence-electron chi connectivity index (χ2n) is 2.82. The second-order valence-corrected chi connectivity index (χ2v) is 2.82. The number of aliphatic hydroxyl groups excluding tert-OH is 1. The van der Waals surface area contributed by atoms with E-state index in [0.717, 1.165) is 6.92 Å². The van der Waals surface area contributed by atoms with Crippen LogP contribution in [0.15, 0.2) is 0 Å². The molecule has 0 aliphatic carbocycles. The van der Waals surface area contributed by atoms with E-state index in [-0.39, 0.29) is 0 Å². The number of carbonyl (C=O) groups excluding carboxylic acids is 1. The molecule has 16 heavy (non-hydrogen) atoms. The molecule has 0 saturated carbocycles. The van der Waals surface area contributed by atoms with Crippen LogP contribution in [0.4, 0.5) is 26.3 Å². The van der Waals surface area contributed by atoms with Gasteiger partial charge in [0.15, 0.2) is 6.10 Å². The molecule has 0 radical (unpaired) electrons. The first-order valence-corrected chi connectivity index (χ1v) is 4.02. The molecule has 1 N–H and O–H groups in total. The molecule has 9 heteroatoms. The predicted octanol–water partition coefficient (Wildman–Crippen LogP) is 1.79. The fraction of sp³-hybridized carbons (Fsp3) is 0.857. The summed E-state index contributed by atoms with van der Waals surface area (Å²) in [6.45, 7) is 0.978. The van der Waals surface area contributed by atoms with Crippen LogP contribution in [0.25, 0.3) is 0 Å². The Morgan fingerprint density at radius 3 is 1.88 bits per heavy atom. The van der Waals surface area contributed by atoms with E-state index < -0.39 is 37.0 Å². The summed E-state index contributed by atoms with van der Waals surface area (Å²) in [6.07, 6.45) is -17.3. The summed E-state index contributed by atoms with van der Waals surface area (Å²) in [5.41, 5.74) is 0. The lowest BCUT2D eigenvalue weighted by molar-refractivity contribution is -0.246. The van der Waals surface area contributed by atoms with Gasteiger partial charge in [-0.05, 0) is 6.42 Å². The number of aliphatic hydroxyl groups is 1. The van der Waals surface area contributed by atoms with Gasteiger partial charge in [-0.3, -0.25) is 0 Å². The highest BCUT2D eigenvalue weighted by Crippen LogP contribution is 2.27. The Kier molecular flexibility index (Phi) is 4.59. The van der Waals surface area contributed by atoms with Gasteiger partial charge in [-0.25, -0.2) is 4.79 Å². The summed E-state index contributed by atoms with van der Waals surface area (Å²) in [5, 5.41) is 8.30. The number of halogens is 6. The van der Waals surface area contributed by atoms with Crippen molar-refractivity contribution in [2.45, 2.75) is 37.9 Å². The Balaban J connectivity index is 4.56. The first-order chi connectivity index (χ1) is 7.00. The van der Waals surface area contributed by atoms with Crippen molar-refractivity contribution >= 4 is 5.97 Å². The molecule has 0 aliphatic heterocycles. The molecule has 0 amide bonds. The summed E-state index contributed by atoms with van der Waals surface area (Å²) in [7, 11) is 0. The molecular formula is C7H8F6O3. The quantitative estimate of drug-likeness (QED) is 0.617. The summed E-state index contributed by atoms with van der Waals surface area (Å²) < 4.78 is 74.7. The van der Waals surface area contributed by atoms with Crippen molar-refractivity contribution in [1.82, 2.24) is 0 Å². The number of carbonyl (C=O) groups is 1. The van der Waals surface area contributed by atoms with Gasteiger partial charge in [0.1, 0.15) is 0 Å². The van der Waals surface area contributed by atoms with E-state index in [0.29, 0.717) is 0 Å². The third-order valence-electron chi connectivity index (χ3n) is 1.53. The van der Waals surface area contributed by atoms with Gasteiger partial charge in [0.05, 0.1) is 0 Å². The molecule has 0 aromatic carbocycles. The molecule has 0 saturated heterocycles. The van der Waals surface area contributed by atoms with E-state index in [1.165, 1.54) is 0 Å². The van der Waals surface area contributed by atoms with Crippen LogP contribution >= 0.6 is 0 Å². The van der Waals surface area contributed by atoms with Crippen molar-refractivity contribution in [3.05, 3.63) is 0 Å². The zero-order valence-electron chi connectivity index (χ0n) is 7.89. The number of rotatable bonds is 3. The fourth-order valence-corrected chi connectivity index (χ4v) is 0.720. The molecular weight excluding hydrogens is 246 g/mol. The van der Waals surface area contributed by atoms with Crippen molar-refractivity contribution in [3.8, 4) is 0 Å². The first kappa shape index (κ1) is 15.0. The smallest absolute Gasteiger partial charge is 0.425 e. The fourth-order valence-electron chi connectivity index (χ4n) is 0.720. The van der Waals surface area contributed by atoms with Gasteiger partial charge < -0.3 is 9.84 Å². The first-order valence-electron chi connectivity index (χ1n) is 4.02. The highest BCUT2D eigenvalue weighted by Gasteiger charge is 2.48. The van der Waals surface area contributed by atoms with E-state index in [1.54, 1.807) is 0 Å². The number of ether oxygens (including phenoxy) is 1. The normalized spacial score (nSPS) is 16.8. The molecule has 0 heterocycles. The van der Waals surface area contributed by atoms with Gasteiger partial charge in [-0.15, -0.1) is 0 Å². The average molecular weight is 254 g/mol. The molecule has 1 unspecified atom stereocenters. The average Bonchev–Trinajstić information content (AvgIpc) is 2.08. The van der Waals surface area contributed by atoms with Gasteiger partial charge in [0, 0.05) is 0 Å². The number of esters is 1. The van der Waals surface area contributed by atoms with Gasteiger partial charge in [-0.1, -0.05) is 6.92 Å². The Morgan fingerprint density at radius 2 is 1.62 bits per heavy atom. The number of hydrogen-bond donors (Lipinski definition) is 1. The largest absolute Gasteiger partial charge is 0.451 e. The zero-order valence-corrected chi connectivity index (χ0v) is 7.89. The summed E-state index contributed by atoms with van der Waals surface area (Å²) in [4.78, 5) is 10.5. The topological polar surface area (TPSA) is 46.5 Å². The molecule has 0 rings (SSSR count). The maximum atomic E-state index is 12.0. The Bertz CT molecular complexity index is 245. The van der Waals surface area contributed by atoms with Crippen molar-refractivity contribution in [2.24, 2.45) is 0 Å². The standard InChI is InChI=1S/C7H8F6O3/c1-2-3(6(8,9)10)16-5(15)4(14)7(11,12)13/h3-4,14H,2H2,1H3/t3?,4-/m0/s1. The summed E-state index contributed by atoms with van der Waals surface area (Å²) in [6, 6.07) is 0. The van der Waals surface area contributed by atoms with Crippen LogP contribution in [0.1, 0.15) is 13.3 Å². The van der Waals surface area contributed by atoms with Gasteiger partial charge in [0.2, 0.25) is 6.10 Å². The van der Waals surface area contributed by atoms with Crippen molar-refractivity contribution < 1.29 is 41.0 Å². The van der Waals surface area contributed by atoms with Crippen molar-refractivity contribution in [3.63, 3.8) is 0 Å². The lowest BCUT2D eigenvalue weighted by Gasteiger charge is -2.21. The molecule has 0 aliphatic rings. The number of hydrogen-bond acceptors (Lipinski definition) is 3. The van der Waals surface area contributed by atoms with E-state index in [2.05, 4.69) is 4.74 Å². The van der Waals surface area contributed by atoms with Crippen LogP contribution in [0.5, 0.6) is 0 Å². The molecule has 0 aromatic heterocycles. The Hall–Kier alpha value is -0.990. The van der Waals surface area contributed by atoms with Gasteiger partial charge in [-0.2, -0.15) is 26.3 Å². The van der Waals surface area contributed by atoms with Crippen LogP contribution in [-0.2, 0) is 9.53 Å². The van der Waals surface area contributed by atoms with Crippen molar-refractivity contribution in [2.75, 3.05) is 0 Å². The van der Waals surface area contributed by atoms with E-state index in [1.807, 2.05) is 0 Å². The minimum atomic E-state index is -5.35. The van der Waals surface area contributed by atoms with Crippen molar-refractivity contribution in [1.29, 1.82) is 0 Å². The second kappa shape index (κ2) is 4.89. The molecule has 96 valence electrons. The maximum Gasteiger partial charge on any atom is 0.425 e. The summed E-state index contributed by atoms with van der Waals surface area (Å²) >= 11 is 0. The molecule has 0 fully saturated rings. The van der Waals surface area contributed by atoms with Crippen LogP contribution in [0.2, 0.25) is 0 Å². The highest BCUT2D eigenvalue weighted by atomic mass is 19.4. The van der Waals surface area contributed by atoms with E-state index in [4.69, 9.17) is 5.11 Å². The lowest BCUT2D eigenvalue weighted by atomic mass is 10.2. The monoisotopic (exact) mass is 254 g/mol. The van der Waals surface area contributed by atoms with Gasteiger partial charge in [0.25, 0.3) is 0 Å². The Morgan fingerprint density at radius 1 is 1.19 bits per heavy atom. The van der Waals surface area contributed by atoms with E-state index >= 15 is 0 Å². The molecule has 0 bridgehead atoms. The predicted molar refractivity (Wildman–Crippen MR) is 38.3 cm³/mol. The molecule has 0 spiro atoms. The van der Waals surface area contributed by atoms with Crippen LogP contribution in [-0.4, -0.2) is 35.6 Å². The highest BCUT2D eigenvalue weighted by molar-refractivity contribution is 5.75.